The topological polar surface area (TPSA) is 41.1 Å². The minimum atomic E-state index is 0.0807. The van der Waals surface area contributed by atoms with E-state index in [1.165, 1.54) is 11.3 Å². The zero-order valence-electron chi connectivity index (χ0n) is 13.9. The third kappa shape index (κ3) is 2.19. The van der Waals surface area contributed by atoms with E-state index >= 15 is 0 Å². The van der Waals surface area contributed by atoms with Crippen LogP contribution in [0.4, 0.5) is 0 Å². The second-order valence-corrected chi connectivity index (χ2v) is 7.01. The van der Waals surface area contributed by atoms with Crippen LogP contribution in [0.2, 0.25) is 0 Å². The first-order valence-corrected chi connectivity index (χ1v) is 9.20. The summed E-state index contributed by atoms with van der Waals surface area (Å²) >= 11 is 1.49. The SMILES string of the molecule is CCCC[n+]1c2ccccc2n2c(C(=O)c3cccs3)c(C)[nH]c21. The highest BCUT2D eigenvalue weighted by Gasteiger charge is 2.29. The van der Waals surface area contributed by atoms with E-state index in [1.54, 1.807) is 0 Å². The van der Waals surface area contributed by atoms with Gasteiger partial charge in [0.1, 0.15) is 16.7 Å². The molecule has 1 N–H and O–H groups in total. The summed E-state index contributed by atoms with van der Waals surface area (Å²) in [6, 6.07) is 12.1. The van der Waals surface area contributed by atoms with Gasteiger partial charge in [-0.25, -0.2) is 9.55 Å². The molecule has 4 nitrogen and oxygen atoms in total. The molecule has 3 heterocycles. The van der Waals surface area contributed by atoms with E-state index in [0.29, 0.717) is 0 Å². The summed E-state index contributed by atoms with van der Waals surface area (Å²) < 4.78 is 4.37. The van der Waals surface area contributed by atoms with E-state index in [0.717, 1.165) is 52.5 Å². The molecule has 0 aliphatic heterocycles. The number of thiophene rings is 1. The number of para-hydroxylation sites is 2. The maximum atomic E-state index is 13.0. The van der Waals surface area contributed by atoms with Crippen LogP contribution in [0.25, 0.3) is 16.8 Å². The number of imidazole rings is 2. The normalized spacial score (nSPS) is 11.6. The number of unbranched alkanes of at least 4 members (excludes halogenated alkanes) is 1. The molecule has 0 bridgehead atoms. The second-order valence-electron chi connectivity index (χ2n) is 6.06. The van der Waals surface area contributed by atoms with Gasteiger partial charge in [-0.3, -0.25) is 4.79 Å². The van der Waals surface area contributed by atoms with Gasteiger partial charge in [-0.15, -0.1) is 11.3 Å². The first-order chi connectivity index (χ1) is 11.7. The Morgan fingerprint density at radius 3 is 2.83 bits per heavy atom. The van der Waals surface area contributed by atoms with Gasteiger partial charge in [-0.1, -0.05) is 31.5 Å². The van der Waals surface area contributed by atoms with Gasteiger partial charge in [0.2, 0.25) is 5.78 Å². The molecule has 4 aromatic rings. The lowest BCUT2D eigenvalue weighted by molar-refractivity contribution is -0.648. The molecule has 0 saturated carbocycles. The predicted octanol–water partition coefficient (Wildman–Crippen LogP) is 4.11. The lowest BCUT2D eigenvalue weighted by atomic mass is 10.2. The number of nitrogens with zero attached hydrogens (tertiary/aromatic N) is 2. The fourth-order valence-electron chi connectivity index (χ4n) is 3.31. The van der Waals surface area contributed by atoms with Crippen LogP contribution in [-0.4, -0.2) is 15.2 Å². The van der Waals surface area contributed by atoms with Gasteiger partial charge in [0, 0.05) is 0 Å². The molecule has 0 aliphatic carbocycles. The van der Waals surface area contributed by atoms with Crippen molar-refractivity contribution in [2.24, 2.45) is 0 Å². The minimum Gasteiger partial charge on any atom is -0.284 e. The van der Waals surface area contributed by atoms with E-state index < -0.39 is 0 Å². The Hall–Kier alpha value is -2.40. The average molecular weight is 338 g/mol. The summed E-state index contributed by atoms with van der Waals surface area (Å²) in [6.45, 7) is 5.12. The van der Waals surface area contributed by atoms with Gasteiger partial charge >= 0.3 is 5.78 Å². The van der Waals surface area contributed by atoms with Crippen molar-refractivity contribution in [3.05, 3.63) is 58.0 Å². The number of hydrogen-bond acceptors (Lipinski definition) is 2. The fraction of sp³-hybridized carbons (Fsp3) is 0.263. The molecule has 3 aromatic heterocycles. The second kappa shape index (κ2) is 5.91. The number of rotatable bonds is 5. The lowest BCUT2D eigenvalue weighted by Gasteiger charge is -1.97. The highest BCUT2D eigenvalue weighted by atomic mass is 32.1. The molecular formula is C19H20N3OS+. The minimum absolute atomic E-state index is 0.0807. The number of carbonyl (C=O) groups excluding carboxylic acids is 1. The third-order valence-corrected chi connectivity index (χ3v) is 5.32. The molecule has 122 valence electrons. The third-order valence-electron chi connectivity index (χ3n) is 4.45. The number of aromatic amines is 1. The molecule has 0 saturated heterocycles. The van der Waals surface area contributed by atoms with Crippen molar-refractivity contribution in [3.63, 3.8) is 0 Å². The Labute approximate surface area is 144 Å². The Morgan fingerprint density at radius 2 is 2.08 bits per heavy atom. The quantitative estimate of drug-likeness (QED) is 0.432. The maximum Gasteiger partial charge on any atom is 0.368 e. The molecule has 0 fully saturated rings. The first-order valence-electron chi connectivity index (χ1n) is 8.32. The van der Waals surface area contributed by atoms with E-state index in [1.807, 2.05) is 30.5 Å². The summed E-state index contributed by atoms with van der Waals surface area (Å²) in [6.07, 6.45) is 2.25. The average Bonchev–Trinajstić information content (AvgIpc) is 3.28. The molecule has 5 heteroatoms. The Morgan fingerprint density at radius 1 is 1.25 bits per heavy atom. The van der Waals surface area contributed by atoms with Gasteiger partial charge in [-0.05, 0) is 36.9 Å². The lowest BCUT2D eigenvalue weighted by Crippen LogP contribution is -2.33. The van der Waals surface area contributed by atoms with Crippen molar-refractivity contribution < 1.29 is 9.36 Å². The summed E-state index contributed by atoms with van der Waals surface area (Å²) in [5, 5.41) is 1.95. The van der Waals surface area contributed by atoms with Crippen LogP contribution < -0.4 is 4.57 Å². The maximum absolute atomic E-state index is 13.0. The van der Waals surface area contributed by atoms with Gasteiger partial charge in [-0.2, -0.15) is 4.40 Å². The number of H-pyrrole nitrogens is 1. The number of aryl methyl sites for hydroxylation is 2. The van der Waals surface area contributed by atoms with Gasteiger partial charge in [0.15, 0.2) is 5.69 Å². The molecule has 0 radical (unpaired) electrons. The van der Waals surface area contributed by atoms with Gasteiger partial charge in [0.05, 0.1) is 11.4 Å². The number of fused-ring (bicyclic) bond motifs is 3. The molecule has 0 amide bonds. The largest absolute Gasteiger partial charge is 0.368 e. The predicted molar refractivity (Wildman–Crippen MR) is 96.8 cm³/mol. The first kappa shape index (κ1) is 15.1. The highest BCUT2D eigenvalue weighted by Crippen LogP contribution is 2.23. The standard InChI is InChI=1S/C19H19N3OS/c1-3-4-11-21-14-8-5-6-9-15(14)22-17(13(2)20-19(21)22)18(23)16-10-7-12-24-16/h5-10,12H,3-4,11H2,1-2H3/p+1. The van der Waals surface area contributed by atoms with Crippen LogP contribution in [-0.2, 0) is 6.54 Å². The highest BCUT2D eigenvalue weighted by molar-refractivity contribution is 7.12. The Bertz CT molecular complexity index is 1020. The number of ketones is 1. The van der Waals surface area contributed by atoms with Crippen LogP contribution in [0, 0.1) is 6.92 Å². The van der Waals surface area contributed by atoms with Crippen molar-refractivity contribution >= 4 is 33.9 Å². The molecule has 0 atom stereocenters. The molecule has 1 aromatic carbocycles. The zero-order chi connectivity index (χ0) is 16.7. The number of nitrogens with one attached hydrogen (secondary N) is 1. The monoisotopic (exact) mass is 338 g/mol. The smallest absolute Gasteiger partial charge is 0.284 e. The fourth-order valence-corrected chi connectivity index (χ4v) is 3.98. The summed E-state index contributed by atoms with van der Waals surface area (Å²) in [7, 11) is 0. The summed E-state index contributed by atoms with van der Waals surface area (Å²) in [5.41, 5.74) is 3.89. The zero-order valence-corrected chi connectivity index (χ0v) is 14.7. The van der Waals surface area contributed by atoms with Crippen molar-refractivity contribution in [2.45, 2.75) is 33.2 Å². The summed E-state index contributed by atoms with van der Waals surface area (Å²) in [4.78, 5) is 17.3. The number of benzene rings is 1. The molecule has 0 aliphatic rings. The van der Waals surface area contributed by atoms with E-state index in [2.05, 4.69) is 39.1 Å². The van der Waals surface area contributed by atoms with Gasteiger partial charge < -0.3 is 0 Å². The van der Waals surface area contributed by atoms with Crippen LogP contribution >= 0.6 is 11.3 Å². The van der Waals surface area contributed by atoms with Crippen molar-refractivity contribution in [1.29, 1.82) is 0 Å². The van der Waals surface area contributed by atoms with Crippen LogP contribution in [0.5, 0.6) is 0 Å². The van der Waals surface area contributed by atoms with Crippen LogP contribution in [0.1, 0.15) is 40.8 Å². The molecular weight excluding hydrogens is 318 g/mol. The number of carbonyl (C=O) groups is 1. The molecule has 0 spiro atoms. The molecule has 0 unspecified atom stereocenters. The van der Waals surface area contributed by atoms with Crippen LogP contribution in [0.3, 0.4) is 0 Å². The Balaban J connectivity index is 2.02. The number of hydrogen-bond donors (Lipinski definition) is 1. The van der Waals surface area contributed by atoms with Gasteiger partial charge in [0.25, 0.3) is 0 Å². The van der Waals surface area contributed by atoms with E-state index in [9.17, 15) is 4.79 Å². The number of aromatic nitrogens is 3. The van der Waals surface area contributed by atoms with Crippen molar-refractivity contribution in [3.8, 4) is 0 Å². The molecule has 4 rings (SSSR count). The van der Waals surface area contributed by atoms with Crippen LogP contribution in [0.15, 0.2) is 41.8 Å². The van der Waals surface area contributed by atoms with E-state index in [-0.39, 0.29) is 5.78 Å². The summed E-state index contributed by atoms with van der Waals surface area (Å²) in [5.74, 6) is 1.07. The molecule has 24 heavy (non-hydrogen) atoms. The van der Waals surface area contributed by atoms with Crippen molar-refractivity contribution in [2.75, 3.05) is 0 Å². The van der Waals surface area contributed by atoms with E-state index in [4.69, 9.17) is 0 Å². The van der Waals surface area contributed by atoms with Crippen molar-refractivity contribution in [1.82, 2.24) is 9.38 Å². The Kier molecular flexibility index (Phi) is 3.73.